The Hall–Kier alpha value is -2.57. The van der Waals surface area contributed by atoms with Crippen molar-refractivity contribution < 1.29 is 19.1 Å². The molecule has 0 radical (unpaired) electrons. The van der Waals surface area contributed by atoms with Gasteiger partial charge in [-0.05, 0) is 43.4 Å². The molecular weight excluding hydrogens is 322 g/mol. The maximum absolute atomic E-state index is 12.5. The van der Waals surface area contributed by atoms with Crippen LogP contribution >= 0.6 is 0 Å². The summed E-state index contributed by atoms with van der Waals surface area (Å²) >= 11 is 0. The van der Waals surface area contributed by atoms with Crippen molar-refractivity contribution in [2.45, 2.75) is 38.3 Å². The number of urea groups is 1. The van der Waals surface area contributed by atoms with E-state index in [1.165, 1.54) is 4.90 Å². The van der Waals surface area contributed by atoms with E-state index in [-0.39, 0.29) is 36.3 Å². The summed E-state index contributed by atoms with van der Waals surface area (Å²) in [6.45, 7) is 0.859. The van der Waals surface area contributed by atoms with Gasteiger partial charge in [-0.3, -0.25) is 14.5 Å². The van der Waals surface area contributed by atoms with Crippen LogP contribution in [0.3, 0.4) is 0 Å². The van der Waals surface area contributed by atoms with Crippen molar-refractivity contribution in [1.29, 1.82) is 0 Å². The van der Waals surface area contributed by atoms with E-state index >= 15 is 0 Å². The highest BCUT2D eigenvalue weighted by Crippen LogP contribution is 2.34. The number of fused-ring (bicyclic) bond motifs is 1. The van der Waals surface area contributed by atoms with E-state index in [1.807, 2.05) is 6.07 Å². The Morgan fingerprint density at radius 2 is 2.08 bits per heavy atom. The third kappa shape index (κ3) is 2.83. The van der Waals surface area contributed by atoms with Crippen LogP contribution in [-0.2, 0) is 16.1 Å². The lowest BCUT2D eigenvalue weighted by Gasteiger charge is -2.17. The van der Waals surface area contributed by atoms with E-state index in [2.05, 4.69) is 5.32 Å². The average molecular weight is 343 g/mol. The van der Waals surface area contributed by atoms with Gasteiger partial charge < -0.3 is 15.0 Å². The van der Waals surface area contributed by atoms with E-state index < -0.39 is 0 Å². The van der Waals surface area contributed by atoms with E-state index in [9.17, 15) is 14.4 Å². The van der Waals surface area contributed by atoms with Gasteiger partial charge in [0.15, 0.2) is 0 Å². The molecule has 7 nitrogen and oxygen atoms in total. The first kappa shape index (κ1) is 15.9. The number of anilines is 1. The van der Waals surface area contributed by atoms with Crippen LogP contribution in [0.5, 0.6) is 5.75 Å². The summed E-state index contributed by atoms with van der Waals surface area (Å²) in [4.78, 5) is 39.9. The lowest BCUT2D eigenvalue weighted by Crippen LogP contribution is -2.32. The molecule has 1 aromatic rings. The largest absolute Gasteiger partial charge is 0.495 e. The number of nitrogens with one attached hydrogen (secondary N) is 1. The molecule has 25 heavy (non-hydrogen) atoms. The van der Waals surface area contributed by atoms with Crippen LogP contribution in [0.15, 0.2) is 18.2 Å². The van der Waals surface area contributed by atoms with Crippen molar-refractivity contribution in [3.63, 3.8) is 0 Å². The SMILES string of the molecule is COc1ccc(CN2C(=O)C3CCCN3C2=O)cc1NC(=O)C1CC1. The van der Waals surface area contributed by atoms with Gasteiger partial charge in [-0.2, -0.15) is 0 Å². The van der Waals surface area contributed by atoms with Crippen LogP contribution in [-0.4, -0.2) is 47.3 Å². The minimum absolute atomic E-state index is 0.00980. The maximum atomic E-state index is 12.5. The van der Waals surface area contributed by atoms with Crippen molar-refractivity contribution in [3.8, 4) is 5.75 Å². The number of hydrogen-bond donors (Lipinski definition) is 1. The zero-order valence-corrected chi connectivity index (χ0v) is 14.2. The minimum atomic E-state index is -0.292. The van der Waals surface area contributed by atoms with Crippen LogP contribution in [0.25, 0.3) is 0 Å². The minimum Gasteiger partial charge on any atom is -0.495 e. The molecule has 132 valence electrons. The molecule has 2 heterocycles. The van der Waals surface area contributed by atoms with Crippen molar-refractivity contribution in [1.82, 2.24) is 9.80 Å². The van der Waals surface area contributed by atoms with Gasteiger partial charge in [-0.1, -0.05) is 6.07 Å². The normalized spacial score (nSPS) is 22.4. The molecule has 1 aromatic carbocycles. The van der Waals surface area contributed by atoms with Gasteiger partial charge in [0.25, 0.3) is 5.91 Å². The lowest BCUT2D eigenvalue weighted by molar-refractivity contribution is -0.128. The zero-order chi connectivity index (χ0) is 17.6. The average Bonchev–Trinajstić information content (AvgIpc) is 3.31. The van der Waals surface area contributed by atoms with Gasteiger partial charge in [0, 0.05) is 12.5 Å². The second kappa shape index (κ2) is 6.06. The van der Waals surface area contributed by atoms with Crippen LogP contribution in [0.4, 0.5) is 10.5 Å². The molecule has 7 heteroatoms. The first-order chi connectivity index (χ1) is 12.1. The highest BCUT2D eigenvalue weighted by molar-refractivity contribution is 6.04. The summed E-state index contributed by atoms with van der Waals surface area (Å²) in [5, 5.41) is 2.89. The highest BCUT2D eigenvalue weighted by Gasteiger charge is 2.47. The Labute approximate surface area is 145 Å². The molecule has 0 aromatic heterocycles. The number of carbonyl (C=O) groups excluding carboxylic acids is 3. The summed E-state index contributed by atoms with van der Waals surface area (Å²) in [6, 6.07) is 4.84. The molecule has 4 amide bonds. The van der Waals surface area contributed by atoms with Gasteiger partial charge in [0.05, 0.1) is 19.3 Å². The van der Waals surface area contributed by atoms with Crippen molar-refractivity contribution in [3.05, 3.63) is 23.8 Å². The molecule has 1 saturated carbocycles. The summed E-state index contributed by atoms with van der Waals surface area (Å²) < 4.78 is 5.30. The molecule has 1 unspecified atom stereocenters. The van der Waals surface area contributed by atoms with Gasteiger partial charge >= 0.3 is 6.03 Å². The molecule has 2 saturated heterocycles. The second-order valence-corrected chi connectivity index (χ2v) is 6.86. The highest BCUT2D eigenvalue weighted by atomic mass is 16.5. The van der Waals surface area contributed by atoms with E-state index in [0.29, 0.717) is 18.0 Å². The monoisotopic (exact) mass is 343 g/mol. The van der Waals surface area contributed by atoms with Crippen molar-refractivity contribution in [2.24, 2.45) is 5.92 Å². The standard InChI is InChI=1S/C18H21N3O4/c1-25-15-7-4-11(9-13(15)19-16(22)12-5-6-12)10-21-17(23)14-3-2-8-20(14)18(21)24/h4,7,9,12,14H,2-3,5-6,8,10H2,1H3,(H,19,22). The lowest BCUT2D eigenvalue weighted by atomic mass is 10.1. The first-order valence-corrected chi connectivity index (χ1v) is 8.68. The topological polar surface area (TPSA) is 79.0 Å². The third-order valence-corrected chi connectivity index (χ3v) is 5.09. The fraction of sp³-hybridized carbons (Fsp3) is 0.500. The number of nitrogens with zero attached hydrogens (tertiary/aromatic N) is 2. The Morgan fingerprint density at radius 1 is 1.28 bits per heavy atom. The Balaban J connectivity index is 1.53. The zero-order valence-electron chi connectivity index (χ0n) is 14.2. The van der Waals surface area contributed by atoms with Crippen LogP contribution in [0.2, 0.25) is 0 Å². The number of ether oxygens (including phenoxy) is 1. The maximum Gasteiger partial charge on any atom is 0.327 e. The third-order valence-electron chi connectivity index (χ3n) is 5.09. The molecule has 2 aliphatic heterocycles. The van der Waals surface area contributed by atoms with Crippen LogP contribution < -0.4 is 10.1 Å². The fourth-order valence-electron chi connectivity index (χ4n) is 3.54. The van der Waals surface area contributed by atoms with Gasteiger partial charge in [-0.25, -0.2) is 4.79 Å². The van der Waals surface area contributed by atoms with Crippen LogP contribution in [0.1, 0.15) is 31.2 Å². The number of amides is 4. The summed E-state index contributed by atoms with van der Waals surface area (Å²) in [6.07, 6.45) is 3.46. The number of hydrogen-bond acceptors (Lipinski definition) is 4. The summed E-state index contributed by atoms with van der Waals surface area (Å²) in [7, 11) is 1.55. The van der Waals surface area contributed by atoms with E-state index in [1.54, 1.807) is 24.1 Å². The van der Waals surface area contributed by atoms with Crippen molar-refractivity contribution in [2.75, 3.05) is 19.0 Å². The number of imide groups is 1. The van der Waals surface area contributed by atoms with Gasteiger partial charge in [0.1, 0.15) is 11.8 Å². The number of rotatable bonds is 5. The molecule has 1 aliphatic carbocycles. The predicted molar refractivity (Wildman–Crippen MR) is 90.0 cm³/mol. The summed E-state index contributed by atoms with van der Waals surface area (Å²) in [5.41, 5.74) is 1.37. The Morgan fingerprint density at radius 3 is 2.76 bits per heavy atom. The summed E-state index contributed by atoms with van der Waals surface area (Å²) in [5.74, 6) is 0.519. The quantitative estimate of drug-likeness (QED) is 0.829. The van der Waals surface area contributed by atoms with E-state index in [4.69, 9.17) is 4.74 Å². The molecule has 1 N–H and O–H groups in total. The Kier molecular flexibility index (Phi) is 3.86. The number of carbonyl (C=O) groups is 3. The molecule has 1 atom stereocenters. The Bertz CT molecular complexity index is 722. The molecule has 4 rings (SSSR count). The fourth-order valence-corrected chi connectivity index (χ4v) is 3.54. The molecule has 3 aliphatic rings. The second-order valence-electron chi connectivity index (χ2n) is 6.86. The predicted octanol–water partition coefficient (Wildman–Crippen LogP) is 1.97. The molecular formula is C18H21N3O4. The molecule has 3 fully saturated rings. The number of methoxy groups -OCH3 is 1. The smallest absolute Gasteiger partial charge is 0.327 e. The van der Waals surface area contributed by atoms with Gasteiger partial charge in [0.2, 0.25) is 5.91 Å². The van der Waals surface area contributed by atoms with Crippen LogP contribution in [0, 0.1) is 5.92 Å². The molecule has 0 bridgehead atoms. The van der Waals surface area contributed by atoms with Gasteiger partial charge in [-0.15, -0.1) is 0 Å². The first-order valence-electron chi connectivity index (χ1n) is 8.68. The number of benzene rings is 1. The van der Waals surface area contributed by atoms with Crippen molar-refractivity contribution >= 4 is 23.5 Å². The molecule has 0 spiro atoms. The van der Waals surface area contributed by atoms with E-state index in [0.717, 1.165) is 31.2 Å².